The fraction of sp³-hybridized carbons (Fsp3) is 0.0588. The molecule has 0 aliphatic heterocycles. The van der Waals surface area contributed by atoms with Gasteiger partial charge >= 0.3 is 5.97 Å². The first kappa shape index (κ1) is 14.1. The van der Waals surface area contributed by atoms with Crippen molar-refractivity contribution in [3.63, 3.8) is 0 Å². The summed E-state index contributed by atoms with van der Waals surface area (Å²) in [5, 5.41) is 14.3. The van der Waals surface area contributed by atoms with E-state index in [2.05, 4.69) is 15.1 Å². The van der Waals surface area contributed by atoms with Gasteiger partial charge in [-0.25, -0.2) is 9.78 Å². The van der Waals surface area contributed by atoms with Gasteiger partial charge in [-0.2, -0.15) is 9.78 Å². The van der Waals surface area contributed by atoms with Crippen LogP contribution in [0.15, 0.2) is 47.4 Å². The average Bonchev–Trinajstić information content (AvgIpc) is 2.92. The highest BCUT2D eigenvalue weighted by Crippen LogP contribution is 2.22. The number of hydrogen-bond donors (Lipinski definition) is 2. The van der Waals surface area contributed by atoms with Crippen LogP contribution in [-0.4, -0.2) is 30.8 Å². The highest BCUT2D eigenvalue weighted by atomic mass is 16.4. The number of aromatic carboxylic acids is 1. The molecular formula is C17H12N4O3. The molecule has 0 saturated carbocycles. The summed E-state index contributed by atoms with van der Waals surface area (Å²) in [6.07, 6.45) is 1.64. The number of aromatic amines is 1. The van der Waals surface area contributed by atoms with Crippen LogP contribution in [0.25, 0.3) is 27.8 Å². The van der Waals surface area contributed by atoms with Crippen LogP contribution in [0.1, 0.15) is 16.1 Å². The Labute approximate surface area is 135 Å². The van der Waals surface area contributed by atoms with Crippen LogP contribution in [0, 0.1) is 6.92 Å². The molecule has 1 aromatic carbocycles. The number of aryl methyl sites for hydroxylation is 1. The fourth-order valence-electron chi connectivity index (χ4n) is 2.89. The summed E-state index contributed by atoms with van der Waals surface area (Å²) in [7, 11) is 0. The number of pyridine rings is 2. The predicted octanol–water partition coefficient (Wildman–Crippen LogP) is 2.27. The number of carboxylic acid groups (broad SMARTS) is 1. The molecule has 3 aromatic heterocycles. The maximum absolute atomic E-state index is 12.9. The summed E-state index contributed by atoms with van der Waals surface area (Å²) >= 11 is 0. The normalized spacial score (nSPS) is 11.2. The van der Waals surface area contributed by atoms with Gasteiger partial charge in [0, 0.05) is 6.20 Å². The quantitative estimate of drug-likeness (QED) is 0.590. The van der Waals surface area contributed by atoms with E-state index < -0.39 is 5.97 Å². The van der Waals surface area contributed by atoms with Gasteiger partial charge in [0.2, 0.25) is 5.43 Å². The van der Waals surface area contributed by atoms with Crippen molar-refractivity contribution in [3.05, 3.63) is 64.1 Å². The number of hydrogen-bond acceptors (Lipinski definition) is 4. The van der Waals surface area contributed by atoms with Crippen molar-refractivity contribution in [3.8, 4) is 5.82 Å². The largest absolute Gasteiger partial charge is 0.478 e. The lowest BCUT2D eigenvalue weighted by molar-refractivity contribution is 0.0699. The third kappa shape index (κ3) is 1.91. The zero-order valence-corrected chi connectivity index (χ0v) is 12.6. The van der Waals surface area contributed by atoms with Crippen molar-refractivity contribution in [1.29, 1.82) is 0 Å². The van der Waals surface area contributed by atoms with E-state index in [1.165, 1.54) is 6.07 Å². The van der Waals surface area contributed by atoms with Gasteiger partial charge in [-0.1, -0.05) is 12.1 Å². The maximum Gasteiger partial charge on any atom is 0.336 e. The molecule has 7 heteroatoms. The Morgan fingerprint density at radius 1 is 1.17 bits per heavy atom. The van der Waals surface area contributed by atoms with Gasteiger partial charge < -0.3 is 10.1 Å². The number of H-pyrrole nitrogens is 1. The van der Waals surface area contributed by atoms with Crippen LogP contribution >= 0.6 is 0 Å². The summed E-state index contributed by atoms with van der Waals surface area (Å²) in [6.45, 7) is 1.71. The van der Waals surface area contributed by atoms with Crippen LogP contribution in [0.5, 0.6) is 0 Å². The van der Waals surface area contributed by atoms with E-state index in [1.54, 1.807) is 42.1 Å². The molecule has 0 aliphatic rings. The Hall–Kier alpha value is -3.48. The first-order valence-electron chi connectivity index (χ1n) is 7.27. The molecule has 2 N–H and O–H groups in total. The Morgan fingerprint density at radius 2 is 2.00 bits per heavy atom. The highest BCUT2D eigenvalue weighted by Gasteiger charge is 2.19. The Kier molecular flexibility index (Phi) is 2.96. The molecule has 118 valence electrons. The molecule has 0 spiro atoms. The zero-order valence-electron chi connectivity index (χ0n) is 12.6. The standard InChI is InChI=1S/C17H12N4O3/c1-9-13-15(22)14-10(17(23)24)5-4-6-11(14)19-16(13)21(20-9)12-7-2-3-8-18-12/h2-8H,1H3,(H,19,22)(H,23,24). The molecule has 24 heavy (non-hydrogen) atoms. The van der Waals surface area contributed by atoms with E-state index >= 15 is 0 Å². The molecule has 0 radical (unpaired) electrons. The lowest BCUT2D eigenvalue weighted by Crippen LogP contribution is -2.11. The summed E-state index contributed by atoms with van der Waals surface area (Å²) in [4.78, 5) is 31.7. The van der Waals surface area contributed by atoms with Crippen LogP contribution < -0.4 is 5.43 Å². The summed E-state index contributed by atoms with van der Waals surface area (Å²) in [6, 6.07) is 10.1. The van der Waals surface area contributed by atoms with Gasteiger partial charge in [-0.3, -0.25) is 4.79 Å². The topological polar surface area (TPSA) is 101 Å². The molecule has 0 saturated heterocycles. The molecule has 7 nitrogen and oxygen atoms in total. The Bertz CT molecular complexity index is 1160. The lowest BCUT2D eigenvalue weighted by Gasteiger charge is -2.05. The SMILES string of the molecule is Cc1nn(-c2ccccn2)c2[nH]c3cccc(C(=O)O)c3c(=O)c12. The molecule has 3 heterocycles. The second-order valence-corrected chi connectivity index (χ2v) is 5.40. The van der Waals surface area contributed by atoms with E-state index in [1.807, 2.05) is 6.07 Å². The third-order valence-corrected chi connectivity index (χ3v) is 3.93. The number of carboxylic acids is 1. The van der Waals surface area contributed by atoms with Gasteiger partial charge in [-0.15, -0.1) is 0 Å². The van der Waals surface area contributed by atoms with Crippen molar-refractivity contribution < 1.29 is 9.90 Å². The Morgan fingerprint density at radius 3 is 2.71 bits per heavy atom. The summed E-state index contributed by atoms with van der Waals surface area (Å²) in [5.74, 6) is -0.569. The molecule has 0 aliphatic carbocycles. The number of carbonyl (C=O) groups is 1. The van der Waals surface area contributed by atoms with E-state index in [0.717, 1.165) is 0 Å². The molecule has 0 fully saturated rings. The molecule has 0 unspecified atom stereocenters. The van der Waals surface area contributed by atoms with Gasteiger partial charge in [0.05, 0.1) is 27.5 Å². The van der Waals surface area contributed by atoms with Gasteiger partial charge in [0.25, 0.3) is 0 Å². The number of nitrogens with one attached hydrogen (secondary N) is 1. The fourth-order valence-corrected chi connectivity index (χ4v) is 2.89. The minimum Gasteiger partial charge on any atom is -0.478 e. The van der Waals surface area contributed by atoms with E-state index in [-0.39, 0.29) is 16.4 Å². The molecule has 4 rings (SSSR count). The van der Waals surface area contributed by atoms with Crippen molar-refractivity contribution in [1.82, 2.24) is 19.7 Å². The molecular weight excluding hydrogens is 308 g/mol. The molecule has 0 atom stereocenters. The lowest BCUT2D eigenvalue weighted by atomic mass is 10.1. The molecule has 0 amide bonds. The number of aromatic nitrogens is 4. The third-order valence-electron chi connectivity index (χ3n) is 3.93. The first-order valence-corrected chi connectivity index (χ1v) is 7.27. The molecule has 0 bridgehead atoms. The summed E-state index contributed by atoms with van der Waals surface area (Å²) in [5.41, 5.74) is 1.08. The van der Waals surface area contributed by atoms with E-state index in [0.29, 0.717) is 28.1 Å². The van der Waals surface area contributed by atoms with E-state index in [9.17, 15) is 14.7 Å². The smallest absolute Gasteiger partial charge is 0.336 e. The minimum absolute atomic E-state index is 0.0272. The van der Waals surface area contributed by atoms with Crippen molar-refractivity contribution in [2.24, 2.45) is 0 Å². The Balaban J connectivity index is 2.18. The molecule has 4 aromatic rings. The zero-order chi connectivity index (χ0) is 16.8. The number of fused-ring (bicyclic) bond motifs is 2. The number of nitrogens with zero attached hydrogens (tertiary/aromatic N) is 3. The van der Waals surface area contributed by atoms with Crippen molar-refractivity contribution >= 4 is 27.9 Å². The second kappa shape index (κ2) is 5.02. The van der Waals surface area contributed by atoms with Crippen LogP contribution in [0.4, 0.5) is 0 Å². The van der Waals surface area contributed by atoms with Crippen molar-refractivity contribution in [2.75, 3.05) is 0 Å². The second-order valence-electron chi connectivity index (χ2n) is 5.40. The number of rotatable bonds is 2. The highest BCUT2D eigenvalue weighted by molar-refractivity contribution is 6.05. The monoisotopic (exact) mass is 320 g/mol. The first-order chi connectivity index (χ1) is 11.6. The van der Waals surface area contributed by atoms with Crippen molar-refractivity contribution in [2.45, 2.75) is 6.92 Å². The average molecular weight is 320 g/mol. The van der Waals surface area contributed by atoms with Crippen LogP contribution in [0.3, 0.4) is 0 Å². The minimum atomic E-state index is -1.14. The van der Waals surface area contributed by atoms with Gasteiger partial charge in [-0.05, 0) is 31.2 Å². The van der Waals surface area contributed by atoms with Crippen LogP contribution in [-0.2, 0) is 0 Å². The predicted molar refractivity (Wildman–Crippen MR) is 88.7 cm³/mol. The van der Waals surface area contributed by atoms with Gasteiger partial charge in [0.1, 0.15) is 5.65 Å². The van der Waals surface area contributed by atoms with Crippen LogP contribution in [0.2, 0.25) is 0 Å². The number of benzene rings is 1. The van der Waals surface area contributed by atoms with E-state index in [4.69, 9.17) is 0 Å². The van der Waals surface area contributed by atoms with Gasteiger partial charge in [0.15, 0.2) is 5.82 Å². The maximum atomic E-state index is 12.9. The summed E-state index contributed by atoms with van der Waals surface area (Å²) < 4.78 is 1.55.